The van der Waals surface area contributed by atoms with E-state index >= 15 is 0 Å². The van der Waals surface area contributed by atoms with Gasteiger partial charge in [0.1, 0.15) is 6.10 Å². The van der Waals surface area contributed by atoms with Gasteiger partial charge in [0, 0.05) is 6.20 Å². The third-order valence-corrected chi connectivity index (χ3v) is 3.09. The van der Waals surface area contributed by atoms with E-state index in [1.807, 2.05) is 32.0 Å². The summed E-state index contributed by atoms with van der Waals surface area (Å²) < 4.78 is 0. The lowest BCUT2D eigenvalue weighted by molar-refractivity contribution is 0.214. The van der Waals surface area contributed by atoms with Crippen molar-refractivity contribution >= 4 is 11.6 Å². The number of rotatable bonds is 2. The zero-order valence-corrected chi connectivity index (χ0v) is 10.6. The molecule has 0 saturated heterocycles. The van der Waals surface area contributed by atoms with Crippen molar-refractivity contribution in [1.82, 2.24) is 4.98 Å². The molecule has 0 amide bonds. The van der Waals surface area contributed by atoms with Gasteiger partial charge in [-0.1, -0.05) is 35.4 Å². The van der Waals surface area contributed by atoms with Gasteiger partial charge in [0.05, 0.1) is 10.7 Å². The van der Waals surface area contributed by atoms with E-state index in [1.54, 1.807) is 18.3 Å². The number of nitrogens with zero attached hydrogens (tertiary/aromatic N) is 1. The van der Waals surface area contributed by atoms with Crippen molar-refractivity contribution in [3.05, 3.63) is 63.9 Å². The Labute approximate surface area is 106 Å². The van der Waals surface area contributed by atoms with Crippen molar-refractivity contribution in [3.8, 4) is 0 Å². The molecule has 1 N–H and O–H groups in total. The number of aliphatic hydroxyl groups excluding tert-OH is 1. The summed E-state index contributed by atoms with van der Waals surface area (Å²) in [5, 5.41) is 10.8. The van der Waals surface area contributed by atoms with Crippen molar-refractivity contribution in [2.75, 3.05) is 0 Å². The maximum atomic E-state index is 10.3. The Balaban J connectivity index is 2.44. The van der Waals surface area contributed by atoms with E-state index in [2.05, 4.69) is 4.98 Å². The van der Waals surface area contributed by atoms with Gasteiger partial charge in [0.2, 0.25) is 0 Å². The summed E-state index contributed by atoms with van der Waals surface area (Å²) >= 11 is 6.03. The molecular weight excluding hydrogens is 234 g/mol. The number of aryl methyl sites for hydroxylation is 2. The van der Waals surface area contributed by atoms with Crippen molar-refractivity contribution in [1.29, 1.82) is 0 Å². The maximum absolute atomic E-state index is 10.3. The molecule has 1 atom stereocenters. The highest BCUT2D eigenvalue weighted by molar-refractivity contribution is 6.31. The van der Waals surface area contributed by atoms with Crippen LogP contribution in [0.5, 0.6) is 0 Å². The van der Waals surface area contributed by atoms with Gasteiger partial charge in [-0.2, -0.15) is 0 Å². The van der Waals surface area contributed by atoms with Crippen LogP contribution in [0.15, 0.2) is 36.5 Å². The first kappa shape index (κ1) is 12.1. The lowest BCUT2D eigenvalue weighted by Gasteiger charge is -2.14. The van der Waals surface area contributed by atoms with E-state index in [-0.39, 0.29) is 0 Å². The van der Waals surface area contributed by atoms with Crippen molar-refractivity contribution < 1.29 is 5.11 Å². The molecular formula is C14H14ClNO. The molecule has 2 rings (SSSR count). The average molecular weight is 248 g/mol. The second kappa shape index (κ2) is 4.86. The second-order valence-electron chi connectivity index (χ2n) is 4.13. The van der Waals surface area contributed by atoms with Gasteiger partial charge >= 0.3 is 0 Å². The van der Waals surface area contributed by atoms with Crippen LogP contribution in [0, 0.1) is 13.8 Å². The predicted octanol–water partition coefficient (Wildman–Crippen LogP) is 3.43. The van der Waals surface area contributed by atoms with Crippen LogP contribution < -0.4 is 0 Å². The quantitative estimate of drug-likeness (QED) is 0.882. The van der Waals surface area contributed by atoms with Crippen LogP contribution in [0.1, 0.15) is 28.5 Å². The van der Waals surface area contributed by atoms with E-state index < -0.39 is 6.10 Å². The zero-order valence-electron chi connectivity index (χ0n) is 9.81. The lowest BCUT2D eigenvalue weighted by Crippen LogP contribution is -2.05. The van der Waals surface area contributed by atoms with Crippen LogP contribution in [0.3, 0.4) is 0 Å². The van der Waals surface area contributed by atoms with Crippen LogP contribution in [-0.2, 0) is 0 Å². The fraction of sp³-hybridized carbons (Fsp3) is 0.214. The fourth-order valence-corrected chi connectivity index (χ4v) is 2.10. The molecule has 2 nitrogen and oxygen atoms in total. The number of hydrogen-bond acceptors (Lipinski definition) is 2. The molecule has 0 radical (unpaired) electrons. The smallest absolute Gasteiger partial charge is 0.123 e. The topological polar surface area (TPSA) is 33.1 Å². The molecule has 3 heteroatoms. The lowest BCUT2D eigenvalue weighted by atomic mass is 9.99. The predicted molar refractivity (Wildman–Crippen MR) is 69.2 cm³/mol. The largest absolute Gasteiger partial charge is 0.382 e. The van der Waals surface area contributed by atoms with Gasteiger partial charge in [-0.05, 0) is 37.1 Å². The number of aromatic nitrogens is 1. The summed E-state index contributed by atoms with van der Waals surface area (Å²) in [6, 6.07) is 9.41. The Morgan fingerprint density at radius 3 is 2.65 bits per heavy atom. The van der Waals surface area contributed by atoms with Crippen molar-refractivity contribution in [3.63, 3.8) is 0 Å². The third kappa shape index (κ3) is 2.48. The maximum Gasteiger partial charge on any atom is 0.123 e. The molecule has 0 aliphatic rings. The first-order valence-electron chi connectivity index (χ1n) is 5.45. The SMILES string of the molecule is Cc1ccc(C(O)c2ncccc2Cl)c(C)c1. The number of benzene rings is 1. The second-order valence-corrected chi connectivity index (χ2v) is 4.54. The molecule has 1 unspecified atom stereocenters. The summed E-state index contributed by atoms with van der Waals surface area (Å²) in [5.41, 5.74) is 3.56. The van der Waals surface area contributed by atoms with Gasteiger partial charge in [-0.15, -0.1) is 0 Å². The molecule has 0 aliphatic heterocycles. The highest BCUT2D eigenvalue weighted by Gasteiger charge is 2.16. The minimum atomic E-state index is -0.774. The minimum absolute atomic E-state index is 0.486. The Kier molecular flexibility index (Phi) is 3.46. The Hall–Kier alpha value is -1.38. The molecule has 0 saturated carbocycles. The Bertz CT molecular complexity index is 539. The summed E-state index contributed by atoms with van der Waals surface area (Å²) in [4.78, 5) is 4.14. The van der Waals surface area contributed by atoms with E-state index in [4.69, 9.17) is 11.6 Å². The van der Waals surface area contributed by atoms with Crippen LogP contribution >= 0.6 is 11.6 Å². The summed E-state index contributed by atoms with van der Waals surface area (Å²) in [7, 11) is 0. The van der Waals surface area contributed by atoms with Crippen LogP contribution in [0.2, 0.25) is 5.02 Å². The number of hydrogen-bond donors (Lipinski definition) is 1. The molecule has 1 aromatic carbocycles. The van der Waals surface area contributed by atoms with E-state index in [1.165, 1.54) is 5.56 Å². The average Bonchev–Trinajstić information content (AvgIpc) is 2.29. The molecule has 2 aromatic rings. The summed E-state index contributed by atoms with van der Waals surface area (Å²) in [6.45, 7) is 4.00. The fourth-order valence-electron chi connectivity index (χ4n) is 1.88. The molecule has 1 aromatic heterocycles. The zero-order chi connectivity index (χ0) is 12.4. The van der Waals surface area contributed by atoms with E-state index in [0.29, 0.717) is 10.7 Å². The standard InChI is InChI=1S/C14H14ClNO/c1-9-5-6-11(10(2)8-9)14(17)13-12(15)4-3-7-16-13/h3-8,14,17H,1-2H3. The van der Waals surface area contributed by atoms with E-state index in [0.717, 1.165) is 11.1 Å². The van der Waals surface area contributed by atoms with Crippen molar-refractivity contribution in [2.45, 2.75) is 20.0 Å². The molecule has 0 fully saturated rings. The number of aliphatic hydroxyl groups is 1. The molecule has 0 bridgehead atoms. The normalized spacial score (nSPS) is 12.5. The van der Waals surface area contributed by atoms with Gasteiger partial charge in [-0.25, -0.2) is 0 Å². The van der Waals surface area contributed by atoms with Gasteiger partial charge in [0.25, 0.3) is 0 Å². The van der Waals surface area contributed by atoms with Gasteiger partial charge in [0.15, 0.2) is 0 Å². The first-order chi connectivity index (χ1) is 8.09. The number of pyridine rings is 1. The van der Waals surface area contributed by atoms with Crippen molar-refractivity contribution in [2.24, 2.45) is 0 Å². The molecule has 17 heavy (non-hydrogen) atoms. The van der Waals surface area contributed by atoms with Gasteiger partial charge in [-0.3, -0.25) is 4.98 Å². The third-order valence-electron chi connectivity index (χ3n) is 2.77. The summed E-state index contributed by atoms with van der Waals surface area (Å²) in [6.07, 6.45) is 0.859. The monoisotopic (exact) mass is 247 g/mol. The van der Waals surface area contributed by atoms with Crippen LogP contribution in [-0.4, -0.2) is 10.1 Å². The highest BCUT2D eigenvalue weighted by atomic mass is 35.5. The molecule has 88 valence electrons. The minimum Gasteiger partial charge on any atom is -0.382 e. The molecule has 1 heterocycles. The Morgan fingerprint density at radius 2 is 2.00 bits per heavy atom. The first-order valence-corrected chi connectivity index (χ1v) is 5.83. The van der Waals surface area contributed by atoms with Crippen LogP contribution in [0.25, 0.3) is 0 Å². The highest BCUT2D eigenvalue weighted by Crippen LogP contribution is 2.28. The van der Waals surface area contributed by atoms with Crippen LogP contribution in [0.4, 0.5) is 0 Å². The van der Waals surface area contributed by atoms with Gasteiger partial charge < -0.3 is 5.11 Å². The molecule has 0 aliphatic carbocycles. The number of halogens is 1. The van der Waals surface area contributed by atoms with E-state index in [9.17, 15) is 5.11 Å². The summed E-state index contributed by atoms with van der Waals surface area (Å²) in [5.74, 6) is 0. The molecule has 0 spiro atoms. The Morgan fingerprint density at radius 1 is 1.24 bits per heavy atom.